The maximum absolute atomic E-state index is 9.37. The van der Waals surface area contributed by atoms with E-state index in [9.17, 15) is 10.2 Å². The molecule has 0 fully saturated rings. The van der Waals surface area contributed by atoms with Gasteiger partial charge in [0.15, 0.2) is 0 Å². The van der Waals surface area contributed by atoms with Crippen molar-refractivity contribution < 1.29 is 19.7 Å². The van der Waals surface area contributed by atoms with Gasteiger partial charge in [-0.2, -0.15) is 0 Å². The summed E-state index contributed by atoms with van der Waals surface area (Å²) < 4.78 is 18.1. The number of benzene rings is 2. The highest BCUT2D eigenvalue weighted by molar-refractivity contribution is 9.15. The molecule has 2 rings (SSSR count). The van der Waals surface area contributed by atoms with Crippen LogP contribution in [0, 0.1) is 0 Å². The largest absolute Gasteiger partial charge is 0.490 e. The normalized spacial score (nSPS) is 11.7. The van der Waals surface area contributed by atoms with Gasteiger partial charge in [0.05, 0.1) is 31.1 Å². The zero-order chi connectivity index (χ0) is 23.7. The predicted molar refractivity (Wildman–Crippen MR) is 152 cm³/mol. The van der Waals surface area contributed by atoms with E-state index in [0.29, 0.717) is 20.4 Å². The summed E-state index contributed by atoms with van der Waals surface area (Å²) in [6.07, 6.45) is 0. The lowest BCUT2D eigenvalue weighted by atomic mass is 9.77. The lowest BCUT2D eigenvalue weighted by Crippen LogP contribution is -2.25. The Morgan fingerprint density at radius 1 is 0.548 bits per heavy atom. The molecular weight excluding hydrogens is 931 g/mol. The quantitative estimate of drug-likeness (QED) is 0.205. The number of rotatable bonds is 8. The maximum atomic E-state index is 9.37. The molecule has 4 nitrogen and oxygen atoms in total. The topological polar surface area (TPSA) is 58.9 Å². The average Bonchev–Trinajstić information content (AvgIpc) is 2.73. The first kappa shape index (κ1) is 29.0. The molecule has 2 aromatic carbocycles. The van der Waals surface area contributed by atoms with Crippen LogP contribution in [0.5, 0.6) is 11.5 Å². The molecule has 2 aromatic rings. The Morgan fingerprint density at radius 3 is 1.13 bits per heavy atom. The van der Waals surface area contributed by atoms with E-state index in [1.54, 1.807) is 0 Å². The summed E-state index contributed by atoms with van der Waals surface area (Å²) in [4.78, 5) is 0. The number of hydrogen-bond donors (Lipinski definition) is 2. The predicted octanol–water partition coefficient (Wildman–Crippen LogP) is 8.85. The van der Waals surface area contributed by atoms with E-state index in [2.05, 4.69) is 127 Å². The molecule has 0 aliphatic rings. The summed E-state index contributed by atoms with van der Waals surface area (Å²) in [5.74, 6) is 1.16. The maximum Gasteiger partial charge on any atom is 0.140 e. The van der Waals surface area contributed by atoms with Crippen molar-refractivity contribution >= 4 is 127 Å². The van der Waals surface area contributed by atoms with Gasteiger partial charge in [0.1, 0.15) is 24.7 Å². The van der Waals surface area contributed by atoms with Crippen LogP contribution in [-0.4, -0.2) is 36.6 Å². The smallest absolute Gasteiger partial charge is 0.140 e. The molecule has 0 atom stereocenters. The standard InChI is InChI=1S/C19H16Br8O4/c1-19(2,7-9(20)11(22)13(24)15(26)17(7)30-5-3-28)8-10(21)12(23)14(25)16(27)18(8)31-6-4-29/h28-29H,3-6H2,1-2H3. The monoisotopic (exact) mass is 939 g/mol. The fourth-order valence-corrected chi connectivity index (χ4v) is 8.41. The Bertz CT molecular complexity index is 917. The lowest BCUT2D eigenvalue weighted by Gasteiger charge is -2.34. The second-order valence-electron chi connectivity index (χ2n) is 6.69. The molecule has 31 heavy (non-hydrogen) atoms. The van der Waals surface area contributed by atoms with Gasteiger partial charge < -0.3 is 19.7 Å². The molecular formula is C19H16Br8O4. The molecule has 0 saturated carbocycles. The van der Waals surface area contributed by atoms with Crippen molar-refractivity contribution in [1.82, 2.24) is 0 Å². The van der Waals surface area contributed by atoms with Crippen LogP contribution in [0.25, 0.3) is 0 Å². The van der Waals surface area contributed by atoms with E-state index in [-0.39, 0.29) is 26.4 Å². The summed E-state index contributed by atoms with van der Waals surface area (Å²) >= 11 is 29.1. The Balaban J connectivity index is 2.96. The Labute approximate surface area is 248 Å². The molecule has 0 unspecified atom stereocenters. The van der Waals surface area contributed by atoms with E-state index in [4.69, 9.17) is 9.47 Å². The highest BCUT2D eigenvalue weighted by Crippen LogP contribution is 2.57. The first-order valence-corrected chi connectivity index (χ1v) is 15.0. The highest BCUT2D eigenvalue weighted by Gasteiger charge is 2.39. The van der Waals surface area contributed by atoms with Crippen LogP contribution >= 0.6 is 127 Å². The molecule has 0 radical (unpaired) electrons. The molecule has 12 heteroatoms. The molecule has 0 aliphatic heterocycles. The summed E-state index contributed by atoms with van der Waals surface area (Å²) in [5.41, 5.74) is 0.988. The summed E-state index contributed by atoms with van der Waals surface area (Å²) in [5, 5.41) is 18.7. The van der Waals surface area contributed by atoms with E-state index in [1.807, 2.05) is 13.8 Å². The van der Waals surface area contributed by atoms with Gasteiger partial charge >= 0.3 is 0 Å². The Morgan fingerprint density at radius 2 is 0.839 bits per heavy atom. The second kappa shape index (κ2) is 12.2. The minimum absolute atomic E-state index is 0.123. The van der Waals surface area contributed by atoms with E-state index in [0.717, 1.165) is 38.0 Å². The van der Waals surface area contributed by atoms with E-state index < -0.39 is 5.41 Å². The minimum Gasteiger partial charge on any atom is -0.490 e. The van der Waals surface area contributed by atoms with Crippen molar-refractivity contribution in [2.75, 3.05) is 26.4 Å². The van der Waals surface area contributed by atoms with Gasteiger partial charge in [-0.25, -0.2) is 0 Å². The lowest BCUT2D eigenvalue weighted by molar-refractivity contribution is 0.195. The van der Waals surface area contributed by atoms with Crippen LogP contribution in [0.15, 0.2) is 35.8 Å². The van der Waals surface area contributed by atoms with Crippen LogP contribution < -0.4 is 9.47 Å². The molecule has 0 spiro atoms. The van der Waals surface area contributed by atoms with Gasteiger partial charge in [0.25, 0.3) is 0 Å². The van der Waals surface area contributed by atoms with Crippen molar-refractivity contribution in [2.24, 2.45) is 0 Å². The van der Waals surface area contributed by atoms with Gasteiger partial charge in [-0.05, 0) is 127 Å². The SMILES string of the molecule is CC(C)(c1c(Br)c(Br)c(Br)c(Br)c1OCCO)c1c(Br)c(Br)c(Br)c(Br)c1OCCO. The van der Waals surface area contributed by atoms with Crippen LogP contribution in [0.3, 0.4) is 0 Å². The van der Waals surface area contributed by atoms with Crippen LogP contribution in [-0.2, 0) is 5.41 Å². The van der Waals surface area contributed by atoms with Crippen LogP contribution in [0.2, 0.25) is 0 Å². The molecule has 0 bridgehead atoms. The summed E-state index contributed by atoms with van der Waals surface area (Å²) in [6.45, 7) is 4.10. The zero-order valence-corrected chi connectivity index (χ0v) is 28.8. The van der Waals surface area contributed by atoms with Crippen LogP contribution in [0.1, 0.15) is 25.0 Å². The first-order chi connectivity index (χ1) is 14.4. The number of aliphatic hydroxyl groups excluding tert-OH is 2. The number of aliphatic hydroxyl groups is 2. The van der Waals surface area contributed by atoms with Crippen molar-refractivity contribution in [3.05, 3.63) is 46.9 Å². The fraction of sp³-hybridized carbons (Fsp3) is 0.368. The van der Waals surface area contributed by atoms with Gasteiger partial charge in [-0.1, -0.05) is 13.8 Å². The molecule has 0 amide bonds. The van der Waals surface area contributed by atoms with Gasteiger partial charge in [0.2, 0.25) is 0 Å². The fourth-order valence-electron chi connectivity index (χ4n) is 3.03. The van der Waals surface area contributed by atoms with Gasteiger partial charge in [-0.3, -0.25) is 0 Å². The third-order valence-corrected chi connectivity index (χ3v) is 13.8. The molecule has 0 heterocycles. The van der Waals surface area contributed by atoms with Gasteiger partial charge in [0, 0.05) is 34.4 Å². The summed E-state index contributed by atoms with van der Waals surface area (Å²) in [6, 6.07) is 0. The third kappa shape index (κ3) is 5.80. The Hall–Kier alpha value is 1.80. The van der Waals surface area contributed by atoms with Gasteiger partial charge in [-0.15, -0.1) is 0 Å². The van der Waals surface area contributed by atoms with Crippen molar-refractivity contribution in [1.29, 1.82) is 0 Å². The van der Waals surface area contributed by atoms with Crippen LogP contribution in [0.4, 0.5) is 0 Å². The number of halogens is 8. The minimum atomic E-state index is -0.676. The number of hydrogen-bond acceptors (Lipinski definition) is 4. The molecule has 0 saturated heterocycles. The molecule has 0 aliphatic carbocycles. The number of ether oxygens (including phenoxy) is 2. The Kier molecular flexibility index (Phi) is 11.4. The highest BCUT2D eigenvalue weighted by atomic mass is 79.9. The van der Waals surface area contributed by atoms with Crippen molar-refractivity contribution in [3.8, 4) is 11.5 Å². The van der Waals surface area contributed by atoms with Crippen molar-refractivity contribution in [2.45, 2.75) is 19.3 Å². The molecule has 172 valence electrons. The molecule has 2 N–H and O–H groups in total. The molecule has 0 aromatic heterocycles. The van der Waals surface area contributed by atoms with E-state index >= 15 is 0 Å². The second-order valence-corrected chi connectivity index (χ2v) is 13.0. The van der Waals surface area contributed by atoms with E-state index in [1.165, 1.54) is 0 Å². The third-order valence-electron chi connectivity index (χ3n) is 4.37. The first-order valence-electron chi connectivity index (χ1n) is 8.63. The van der Waals surface area contributed by atoms with Crippen molar-refractivity contribution in [3.63, 3.8) is 0 Å². The summed E-state index contributed by atoms with van der Waals surface area (Å²) in [7, 11) is 0. The average molecular weight is 948 g/mol. The zero-order valence-electron chi connectivity index (χ0n) is 16.1.